The van der Waals surface area contributed by atoms with E-state index in [-0.39, 0.29) is 12.1 Å². The van der Waals surface area contributed by atoms with Crippen LogP contribution in [-0.4, -0.2) is 12.1 Å². The minimum absolute atomic E-state index is 0.0402. The average Bonchev–Trinajstić information content (AvgIpc) is 2.04. The summed E-state index contributed by atoms with van der Waals surface area (Å²) in [6.07, 6.45) is 4.50. The van der Waals surface area contributed by atoms with Crippen LogP contribution in [0.15, 0.2) is 11.6 Å². The standard InChI is InChI=1S/C11H20O2/c1-5-7-10(4)13-11(12)8-9(3)6-2/h8,10H,5-7H2,1-4H3/b9-8+. The van der Waals surface area contributed by atoms with Gasteiger partial charge < -0.3 is 4.74 Å². The topological polar surface area (TPSA) is 26.3 Å². The van der Waals surface area contributed by atoms with Gasteiger partial charge in [-0.25, -0.2) is 4.79 Å². The predicted octanol–water partition coefficient (Wildman–Crippen LogP) is 3.07. The Hall–Kier alpha value is -0.790. The molecular weight excluding hydrogens is 164 g/mol. The Bertz CT molecular complexity index is 183. The van der Waals surface area contributed by atoms with Crippen molar-refractivity contribution in [1.82, 2.24) is 0 Å². The number of allylic oxidation sites excluding steroid dienone is 1. The fourth-order valence-electron chi connectivity index (χ4n) is 1.00. The molecule has 0 aliphatic carbocycles. The molecule has 0 radical (unpaired) electrons. The Morgan fingerprint density at radius 2 is 2.08 bits per heavy atom. The van der Waals surface area contributed by atoms with Crippen LogP contribution in [0.5, 0.6) is 0 Å². The molecule has 1 atom stereocenters. The van der Waals surface area contributed by atoms with Gasteiger partial charge in [0.25, 0.3) is 0 Å². The first-order chi connectivity index (χ1) is 6.10. The fraction of sp³-hybridized carbons (Fsp3) is 0.727. The van der Waals surface area contributed by atoms with E-state index in [1.165, 1.54) is 0 Å². The molecule has 13 heavy (non-hydrogen) atoms. The lowest BCUT2D eigenvalue weighted by Gasteiger charge is -2.10. The van der Waals surface area contributed by atoms with Gasteiger partial charge in [-0.2, -0.15) is 0 Å². The number of rotatable bonds is 5. The van der Waals surface area contributed by atoms with Crippen LogP contribution in [0.4, 0.5) is 0 Å². The zero-order valence-corrected chi connectivity index (χ0v) is 9.09. The minimum atomic E-state index is -0.208. The van der Waals surface area contributed by atoms with Crippen LogP contribution in [0.2, 0.25) is 0 Å². The summed E-state index contributed by atoms with van der Waals surface area (Å²) in [7, 11) is 0. The molecule has 0 aromatic heterocycles. The first kappa shape index (κ1) is 12.2. The molecule has 0 heterocycles. The van der Waals surface area contributed by atoms with Crippen LogP contribution in [0.25, 0.3) is 0 Å². The van der Waals surface area contributed by atoms with Crippen LogP contribution in [0, 0.1) is 0 Å². The summed E-state index contributed by atoms with van der Waals surface area (Å²) in [6, 6.07) is 0. The van der Waals surface area contributed by atoms with Crippen LogP contribution in [0.3, 0.4) is 0 Å². The quantitative estimate of drug-likeness (QED) is 0.485. The number of ether oxygens (including phenoxy) is 1. The van der Waals surface area contributed by atoms with Gasteiger partial charge in [-0.3, -0.25) is 0 Å². The molecule has 0 amide bonds. The number of esters is 1. The van der Waals surface area contributed by atoms with E-state index in [0.717, 1.165) is 24.8 Å². The lowest BCUT2D eigenvalue weighted by atomic mass is 10.2. The second kappa shape index (κ2) is 6.70. The minimum Gasteiger partial charge on any atom is -0.460 e. The maximum absolute atomic E-state index is 11.2. The molecule has 0 spiro atoms. The molecule has 0 aliphatic rings. The second-order valence-electron chi connectivity index (χ2n) is 3.38. The first-order valence-electron chi connectivity index (χ1n) is 4.97. The molecule has 2 heteroatoms. The third-order valence-corrected chi connectivity index (χ3v) is 1.93. The van der Waals surface area contributed by atoms with E-state index in [0.29, 0.717) is 0 Å². The highest BCUT2D eigenvalue weighted by molar-refractivity contribution is 5.82. The van der Waals surface area contributed by atoms with Crippen molar-refractivity contribution in [3.05, 3.63) is 11.6 Å². The monoisotopic (exact) mass is 184 g/mol. The van der Waals surface area contributed by atoms with Crippen LogP contribution in [-0.2, 0) is 9.53 Å². The highest BCUT2D eigenvalue weighted by Crippen LogP contribution is 2.04. The maximum Gasteiger partial charge on any atom is 0.330 e. The third-order valence-electron chi connectivity index (χ3n) is 1.93. The van der Waals surface area contributed by atoms with Crippen LogP contribution in [0.1, 0.15) is 47.0 Å². The summed E-state index contributed by atoms with van der Waals surface area (Å²) in [5.41, 5.74) is 1.06. The summed E-state index contributed by atoms with van der Waals surface area (Å²) >= 11 is 0. The van der Waals surface area contributed by atoms with Crippen LogP contribution >= 0.6 is 0 Å². The molecule has 0 rings (SSSR count). The SMILES string of the molecule is CCCC(C)OC(=O)/C=C(\C)CC. The van der Waals surface area contributed by atoms with E-state index in [9.17, 15) is 4.79 Å². The largest absolute Gasteiger partial charge is 0.460 e. The van der Waals surface area contributed by atoms with Crippen molar-refractivity contribution in [2.75, 3.05) is 0 Å². The average molecular weight is 184 g/mol. The molecule has 76 valence electrons. The summed E-state index contributed by atoms with van der Waals surface area (Å²) in [4.78, 5) is 11.2. The summed E-state index contributed by atoms with van der Waals surface area (Å²) in [5, 5.41) is 0. The number of carbonyl (C=O) groups excluding carboxylic acids is 1. The van der Waals surface area contributed by atoms with Gasteiger partial charge in [0, 0.05) is 6.08 Å². The predicted molar refractivity (Wildman–Crippen MR) is 54.5 cm³/mol. The van der Waals surface area contributed by atoms with E-state index in [2.05, 4.69) is 6.92 Å². The smallest absolute Gasteiger partial charge is 0.330 e. The third kappa shape index (κ3) is 6.38. The van der Waals surface area contributed by atoms with E-state index in [1.54, 1.807) is 6.08 Å². The molecule has 0 saturated carbocycles. The summed E-state index contributed by atoms with van der Waals surface area (Å²) < 4.78 is 5.15. The van der Waals surface area contributed by atoms with Crippen molar-refractivity contribution in [2.45, 2.75) is 53.1 Å². The van der Waals surface area contributed by atoms with E-state index < -0.39 is 0 Å². The van der Waals surface area contributed by atoms with Crippen molar-refractivity contribution in [1.29, 1.82) is 0 Å². The fourth-order valence-corrected chi connectivity index (χ4v) is 1.00. The van der Waals surface area contributed by atoms with Gasteiger partial charge in [0.1, 0.15) is 0 Å². The summed E-state index contributed by atoms with van der Waals surface area (Å²) in [5.74, 6) is -0.208. The maximum atomic E-state index is 11.2. The number of hydrogen-bond donors (Lipinski definition) is 0. The molecule has 0 aliphatic heterocycles. The lowest BCUT2D eigenvalue weighted by Crippen LogP contribution is -2.12. The highest BCUT2D eigenvalue weighted by atomic mass is 16.5. The first-order valence-corrected chi connectivity index (χ1v) is 4.97. The zero-order chi connectivity index (χ0) is 10.3. The van der Waals surface area contributed by atoms with Gasteiger partial charge in [0.15, 0.2) is 0 Å². The van der Waals surface area contributed by atoms with Crippen molar-refractivity contribution < 1.29 is 9.53 Å². The Labute approximate surface area is 81.0 Å². The van der Waals surface area contributed by atoms with Crippen LogP contribution < -0.4 is 0 Å². The van der Waals surface area contributed by atoms with Crippen molar-refractivity contribution in [3.8, 4) is 0 Å². The zero-order valence-electron chi connectivity index (χ0n) is 9.09. The molecule has 0 saturated heterocycles. The van der Waals surface area contributed by atoms with Gasteiger partial charge in [-0.1, -0.05) is 25.8 Å². The van der Waals surface area contributed by atoms with Gasteiger partial charge in [0.05, 0.1) is 6.10 Å². The van der Waals surface area contributed by atoms with Crippen molar-refractivity contribution >= 4 is 5.97 Å². The Morgan fingerprint density at radius 1 is 1.46 bits per heavy atom. The van der Waals surface area contributed by atoms with E-state index in [1.807, 2.05) is 20.8 Å². The number of carbonyl (C=O) groups is 1. The van der Waals surface area contributed by atoms with Gasteiger partial charge in [0.2, 0.25) is 0 Å². The molecule has 0 bridgehead atoms. The molecular formula is C11H20O2. The van der Waals surface area contributed by atoms with Gasteiger partial charge in [-0.05, 0) is 26.7 Å². The molecule has 0 N–H and O–H groups in total. The molecule has 0 fully saturated rings. The molecule has 1 unspecified atom stereocenters. The highest BCUT2D eigenvalue weighted by Gasteiger charge is 2.05. The van der Waals surface area contributed by atoms with Gasteiger partial charge in [-0.15, -0.1) is 0 Å². The Balaban J connectivity index is 3.86. The van der Waals surface area contributed by atoms with Crippen molar-refractivity contribution in [3.63, 3.8) is 0 Å². The normalized spacial score (nSPS) is 14.0. The second-order valence-corrected chi connectivity index (χ2v) is 3.38. The molecule has 0 aromatic carbocycles. The van der Waals surface area contributed by atoms with Crippen molar-refractivity contribution in [2.24, 2.45) is 0 Å². The summed E-state index contributed by atoms with van der Waals surface area (Å²) in [6.45, 7) is 7.97. The lowest BCUT2D eigenvalue weighted by molar-refractivity contribution is -0.142. The van der Waals surface area contributed by atoms with E-state index >= 15 is 0 Å². The Kier molecular flexibility index (Phi) is 6.29. The number of hydrogen-bond acceptors (Lipinski definition) is 2. The van der Waals surface area contributed by atoms with Gasteiger partial charge >= 0.3 is 5.97 Å². The Morgan fingerprint density at radius 3 is 2.54 bits per heavy atom. The van der Waals surface area contributed by atoms with E-state index in [4.69, 9.17) is 4.74 Å². The molecule has 0 aromatic rings. The molecule has 2 nitrogen and oxygen atoms in total.